The van der Waals surface area contributed by atoms with Crippen molar-refractivity contribution in [2.45, 2.75) is 76.5 Å². The van der Waals surface area contributed by atoms with Crippen LogP contribution in [0.3, 0.4) is 0 Å². The highest BCUT2D eigenvalue weighted by molar-refractivity contribution is 9.10. The van der Waals surface area contributed by atoms with Crippen LogP contribution in [0.25, 0.3) is 0 Å². The Bertz CT molecular complexity index is 2130. The molecule has 6 atom stereocenters. The molecule has 55 heavy (non-hydrogen) atoms. The van der Waals surface area contributed by atoms with Gasteiger partial charge in [0, 0.05) is 36.7 Å². The van der Waals surface area contributed by atoms with Crippen molar-refractivity contribution in [1.29, 1.82) is 0 Å². The summed E-state index contributed by atoms with van der Waals surface area (Å²) < 4.78 is 41.9. The van der Waals surface area contributed by atoms with Crippen LogP contribution in [0.5, 0.6) is 11.6 Å². The molecule has 2 heterocycles. The van der Waals surface area contributed by atoms with Gasteiger partial charge in [-0.05, 0) is 91.4 Å². The lowest BCUT2D eigenvalue weighted by atomic mass is 9.54. The molecule has 4 aliphatic rings. The van der Waals surface area contributed by atoms with Gasteiger partial charge in [0.25, 0.3) is 5.88 Å². The van der Waals surface area contributed by atoms with Crippen LogP contribution in [0.4, 0.5) is 4.39 Å². The fourth-order valence-corrected chi connectivity index (χ4v) is 10.1. The standard InChI is InChI=1S/C43H45BrFN3O7/c1-24-13-11-12-18-48(24)21-29-34(44)38(53-22-25-14-7-5-8-15-25)32-28(35(29)45)19-27-20-30-36(47(2)3)39-33(41(51)43(30,52-4)40(50)31(27)37(32)49)42(46-55-39)54-23-26-16-9-6-10-17-26/h5-10,14-17,24,27,30-31,36H,11-13,18-23H2,1-4H3. The Kier molecular flexibility index (Phi) is 10.3. The molecule has 1 aliphatic heterocycles. The van der Waals surface area contributed by atoms with Crippen LogP contribution < -0.4 is 9.47 Å². The van der Waals surface area contributed by atoms with E-state index in [1.165, 1.54) is 7.11 Å². The molecule has 4 aromatic rings. The summed E-state index contributed by atoms with van der Waals surface area (Å²) in [6, 6.07) is 18.6. The highest BCUT2D eigenvalue weighted by Gasteiger charge is 2.68. The molecular formula is C43H45BrFN3O7. The van der Waals surface area contributed by atoms with Gasteiger partial charge in [0.1, 0.15) is 30.3 Å². The third-order valence-electron chi connectivity index (χ3n) is 12.2. The van der Waals surface area contributed by atoms with Crippen molar-refractivity contribution in [2.75, 3.05) is 27.7 Å². The average Bonchev–Trinajstić information content (AvgIpc) is 3.61. The van der Waals surface area contributed by atoms with Gasteiger partial charge in [-0.3, -0.25) is 24.2 Å². The van der Waals surface area contributed by atoms with Gasteiger partial charge in [0.2, 0.25) is 5.78 Å². The number of aromatic nitrogens is 1. The summed E-state index contributed by atoms with van der Waals surface area (Å²) in [5.41, 5.74) is 0.426. The monoisotopic (exact) mass is 813 g/mol. The second kappa shape index (κ2) is 15.0. The Morgan fingerprint density at radius 2 is 1.65 bits per heavy atom. The molecule has 3 aromatic carbocycles. The maximum Gasteiger partial charge on any atom is 0.265 e. The molecule has 2 fully saturated rings. The minimum Gasteiger partial charge on any atom is -0.487 e. The number of carbonyl (C=O) groups excluding carboxylic acids is 3. The lowest BCUT2D eigenvalue weighted by Gasteiger charge is -2.52. The summed E-state index contributed by atoms with van der Waals surface area (Å²) in [6.07, 6.45) is 3.51. The van der Waals surface area contributed by atoms with Crippen molar-refractivity contribution in [3.05, 3.63) is 110 Å². The maximum atomic E-state index is 17.1. The molecule has 3 aliphatic carbocycles. The second-order valence-electron chi connectivity index (χ2n) is 15.6. The first-order valence-corrected chi connectivity index (χ1v) is 19.8. The van der Waals surface area contributed by atoms with E-state index in [4.69, 9.17) is 18.7 Å². The lowest BCUT2D eigenvalue weighted by Crippen LogP contribution is -2.67. The summed E-state index contributed by atoms with van der Waals surface area (Å²) in [5.74, 6) is -4.53. The number of fused-ring (bicyclic) bond motifs is 4. The minimum atomic E-state index is -2.04. The quantitative estimate of drug-likeness (QED) is 0.149. The third kappa shape index (κ3) is 6.25. The molecule has 8 rings (SSSR count). The Morgan fingerprint density at radius 1 is 0.982 bits per heavy atom. The maximum absolute atomic E-state index is 17.1. The average molecular weight is 815 g/mol. The number of hydrogen-bond donors (Lipinski definition) is 0. The Balaban J connectivity index is 1.21. The molecule has 12 heteroatoms. The van der Waals surface area contributed by atoms with Gasteiger partial charge >= 0.3 is 0 Å². The summed E-state index contributed by atoms with van der Waals surface area (Å²) in [7, 11) is 4.99. The zero-order valence-corrected chi connectivity index (χ0v) is 33.1. The zero-order valence-electron chi connectivity index (χ0n) is 31.5. The molecule has 1 aromatic heterocycles. The number of ether oxygens (including phenoxy) is 3. The highest BCUT2D eigenvalue weighted by atomic mass is 79.9. The first kappa shape index (κ1) is 37.7. The van der Waals surface area contributed by atoms with E-state index in [1.807, 2.05) is 79.7 Å². The molecular weight excluding hydrogens is 769 g/mol. The van der Waals surface area contributed by atoms with Crippen molar-refractivity contribution < 1.29 is 37.5 Å². The predicted octanol–water partition coefficient (Wildman–Crippen LogP) is 7.55. The number of likely N-dealkylation sites (tertiary alicyclic amines) is 1. The van der Waals surface area contributed by atoms with Crippen LogP contribution in [0.2, 0.25) is 0 Å². The van der Waals surface area contributed by atoms with Gasteiger partial charge in [-0.2, -0.15) is 0 Å². The molecule has 1 saturated carbocycles. The first-order chi connectivity index (χ1) is 26.6. The number of ketones is 3. The van der Waals surface area contributed by atoms with E-state index in [0.717, 1.165) is 36.9 Å². The number of halogens is 2. The van der Waals surface area contributed by atoms with Crippen LogP contribution in [0, 0.1) is 23.6 Å². The van der Waals surface area contributed by atoms with E-state index in [0.29, 0.717) is 16.6 Å². The Morgan fingerprint density at radius 3 is 2.29 bits per heavy atom. The van der Waals surface area contributed by atoms with Gasteiger partial charge in [-0.25, -0.2) is 4.39 Å². The van der Waals surface area contributed by atoms with Crippen LogP contribution in [0.15, 0.2) is 69.7 Å². The first-order valence-electron chi connectivity index (χ1n) is 19.0. The van der Waals surface area contributed by atoms with Gasteiger partial charge in [-0.1, -0.05) is 67.1 Å². The molecule has 1 saturated heterocycles. The minimum absolute atomic E-state index is 0.0282. The second-order valence-corrected chi connectivity index (χ2v) is 16.4. The number of carbonyl (C=O) groups is 3. The fourth-order valence-electron chi connectivity index (χ4n) is 9.49. The number of benzene rings is 3. The van der Waals surface area contributed by atoms with E-state index in [-0.39, 0.29) is 66.2 Å². The molecule has 0 bridgehead atoms. The van der Waals surface area contributed by atoms with Crippen molar-refractivity contribution in [3.63, 3.8) is 0 Å². The summed E-state index contributed by atoms with van der Waals surface area (Å²) in [5, 5.41) is 4.17. The summed E-state index contributed by atoms with van der Waals surface area (Å²) in [4.78, 5) is 49.1. The van der Waals surface area contributed by atoms with Gasteiger partial charge in [0.15, 0.2) is 22.9 Å². The Hall–Kier alpha value is -4.23. The smallest absolute Gasteiger partial charge is 0.265 e. The number of piperidine rings is 1. The van der Waals surface area contributed by atoms with Gasteiger partial charge in [0.05, 0.1) is 22.0 Å². The van der Waals surface area contributed by atoms with Crippen molar-refractivity contribution in [1.82, 2.24) is 15.0 Å². The van der Waals surface area contributed by atoms with E-state index >= 15 is 9.18 Å². The van der Waals surface area contributed by atoms with E-state index in [2.05, 4.69) is 32.9 Å². The highest BCUT2D eigenvalue weighted by Crippen LogP contribution is 2.57. The van der Waals surface area contributed by atoms with E-state index in [9.17, 15) is 9.59 Å². The van der Waals surface area contributed by atoms with Crippen molar-refractivity contribution in [2.24, 2.45) is 17.8 Å². The number of rotatable bonds is 10. The molecule has 0 spiro atoms. The lowest BCUT2D eigenvalue weighted by molar-refractivity contribution is -0.159. The number of hydrogen-bond acceptors (Lipinski definition) is 10. The van der Waals surface area contributed by atoms with E-state index in [1.54, 1.807) is 0 Å². The number of nitrogens with zero attached hydrogens (tertiary/aromatic N) is 3. The van der Waals surface area contributed by atoms with Crippen molar-refractivity contribution in [3.8, 4) is 11.6 Å². The third-order valence-corrected chi connectivity index (χ3v) is 13.1. The number of Topliss-reactive ketones (excluding diaryl/α,β-unsaturated/α-hetero) is 3. The number of methoxy groups -OCH3 is 1. The van der Waals surface area contributed by atoms with Gasteiger partial charge in [-0.15, -0.1) is 0 Å². The van der Waals surface area contributed by atoms with Crippen molar-refractivity contribution >= 4 is 33.3 Å². The fraction of sp³-hybridized carbons (Fsp3) is 0.442. The topological polar surface area (TPSA) is 111 Å². The summed E-state index contributed by atoms with van der Waals surface area (Å²) >= 11 is 3.68. The van der Waals surface area contributed by atoms with Crippen LogP contribution in [-0.4, -0.2) is 71.7 Å². The predicted molar refractivity (Wildman–Crippen MR) is 205 cm³/mol. The molecule has 6 unspecified atom stereocenters. The SMILES string of the molecule is COC12C(=O)c3c(OCc4ccccc4)noc3C(N(C)C)C1CC1Cc3c(F)c(CN4CCCCC4C)c(Br)c(OCc4ccccc4)c3C(=O)C1C2=O. The molecule has 0 amide bonds. The molecule has 288 valence electrons. The summed E-state index contributed by atoms with van der Waals surface area (Å²) in [6.45, 7) is 3.58. The van der Waals surface area contributed by atoms with Crippen LogP contribution >= 0.6 is 15.9 Å². The van der Waals surface area contributed by atoms with Gasteiger partial charge < -0.3 is 18.7 Å². The largest absolute Gasteiger partial charge is 0.487 e. The Labute approximate surface area is 328 Å². The molecule has 10 nitrogen and oxygen atoms in total. The van der Waals surface area contributed by atoms with E-state index < -0.39 is 52.6 Å². The van der Waals surface area contributed by atoms with Crippen LogP contribution in [-0.2, 0) is 35.7 Å². The zero-order chi connectivity index (χ0) is 38.6. The molecule has 0 radical (unpaired) electrons. The van der Waals surface area contributed by atoms with Crippen LogP contribution in [0.1, 0.15) is 87.4 Å². The normalized spacial score (nSPS) is 26.3. The molecule has 0 N–H and O–H groups in total.